The van der Waals surface area contributed by atoms with Gasteiger partial charge in [0.1, 0.15) is 0 Å². The predicted molar refractivity (Wildman–Crippen MR) is 338 cm³/mol. The highest BCUT2D eigenvalue weighted by atomic mass is 35.5. The first-order chi connectivity index (χ1) is 36.3. The summed E-state index contributed by atoms with van der Waals surface area (Å²) in [4.78, 5) is 62.3. The number of hydrogen-bond acceptors (Lipinski definition) is 8. The Hall–Kier alpha value is -3.88. The standard InChI is InChI=1S/2C32H43N3O2.4ClH.H2O/c2*1-2-35-29-15-13-25(31(36)11-9-21-33-17-5-3-6-18-33)23-27(29)28-24-26(14-16-30(28)35)32(37)12-10-22-34-19-7-4-8-20-34;;;;;/h2*13-16,23-24H,2-12,17-22H2,1H3;4*1H;1H2. The summed E-state index contributed by atoms with van der Waals surface area (Å²) in [5, 5.41) is 4.34. The Labute approximate surface area is 495 Å². The Morgan fingerprint density at radius 1 is 0.329 bits per heavy atom. The van der Waals surface area contributed by atoms with Gasteiger partial charge in [0.15, 0.2) is 23.1 Å². The molecular formula is C64H92Cl4N6O5. The monoisotopic (exact) mass is 1160 g/mol. The summed E-state index contributed by atoms with van der Waals surface area (Å²) in [5.74, 6) is 0.894. The van der Waals surface area contributed by atoms with Crippen LogP contribution < -0.4 is 0 Å². The molecule has 0 atom stereocenters. The number of benzene rings is 4. The van der Waals surface area contributed by atoms with Gasteiger partial charge in [-0.1, -0.05) is 25.7 Å². The Balaban J connectivity index is 0.000000320. The van der Waals surface area contributed by atoms with Gasteiger partial charge in [0, 0.05) is 105 Å². The van der Waals surface area contributed by atoms with E-state index in [0.717, 1.165) is 131 Å². The smallest absolute Gasteiger partial charge is 0.162 e. The minimum Gasteiger partial charge on any atom is -0.412 e. The van der Waals surface area contributed by atoms with E-state index in [4.69, 9.17) is 0 Å². The Morgan fingerprint density at radius 2 is 0.532 bits per heavy atom. The maximum absolute atomic E-state index is 13.1. The van der Waals surface area contributed by atoms with Gasteiger partial charge in [0.2, 0.25) is 0 Å². The van der Waals surface area contributed by atoms with Crippen molar-refractivity contribution in [1.82, 2.24) is 28.7 Å². The summed E-state index contributed by atoms with van der Waals surface area (Å²) in [7, 11) is 0. The van der Waals surface area contributed by atoms with Crippen molar-refractivity contribution < 1.29 is 24.7 Å². The molecule has 6 heterocycles. The van der Waals surface area contributed by atoms with Gasteiger partial charge in [-0.25, -0.2) is 0 Å². The molecule has 2 aromatic heterocycles. The molecule has 4 aromatic carbocycles. The van der Waals surface area contributed by atoms with Gasteiger partial charge in [-0.15, -0.1) is 49.6 Å². The van der Waals surface area contributed by atoms with Crippen molar-refractivity contribution in [3.8, 4) is 0 Å². The first-order valence-electron chi connectivity index (χ1n) is 29.4. The second-order valence-electron chi connectivity index (χ2n) is 22.1. The van der Waals surface area contributed by atoms with Gasteiger partial charge in [-0.2, -0.15) is 0 Å². The molecule has 0 unspecified atom stereocenters. The van der Waals surface area contributed by atoms with Crippen LogP contribution in [0.15, 0.2) is 72.8 Å². The van der Waals surface area contributed by atoms with Crippen molar-refractivity contribution in [3.05, 3.63) is 95.1 Å². The summed E-state index contributed by atoms with van der Waals surface area (Å²) < 4.78 is 4.58. The number of Topliss-reactive ketones (excluding diaryl/α,β-unsaturated/α-hetero) is 4. The topological polar surface area (TPSA) is 123 Å². The lowest BCUT2D eigenvalue weighted by Gasteiger charge is -2.26. The highest BCUT2D eigenvalue weighted by Crippen LogP contribution is 2.33. The van der Waals surface area contributed by atoms with E-state index in [2.05, 4.69) is 91.1 Å². The Morgan fingerprint density at radius 3 is 0.722 bits per heavy atom. The molecule has 10 rings (SSSR count). The van der Waals surface area contributed by atoms with Crippen LogP contribution in [0, 0.1) is 0 Å². The van der Waals surface area contributed by atoms with Gasteiger partial charge in [-0.3, -0.25) is 19.2 Å². The second kappa shape index (κ2) is 33.9. The van der Waals surface area contributed by atoms with Gasteiger partial charge in [0.05, 0.1) is 0 Å². The summed E-state index contributed by atoms with van der Waals surface area (Å²) in [5.41, 5.74) is 7.71. The number of carbonyl (C=O) groups is 4. The lowest BCUT2D eigenvalue weighted by atomic mass is 10.0. The molecule has 0 radical (unpaired) electrons. The number of rotatable bonds is 22. The van der Waals surface area contributed by atoms with Crippen LogP contribution >= 0.6 is 49.6 Å². The zero-order chi connectivity index (χ0) is 51.2. The lowest BCUT2D eigenvalue weighted by molar-refractivity contribution is 0.0965. The van der Waals surface area contributed by atoms with Crippen molar-refractivity contribution in [2.45, 2.75) is 155 Å². The average Bonchev–Trinajstić information content (AvgIpc) is 3.94. The maximum atomic E-state index is 13.1. The van der Waals surface area contributed by atoms with Crippen molar-refractivity contribution in [3.63, 3.8) is 0 Å². The van der Waals surface area contributed by atoms with E-state index < -0.39 is 0 Å². The van der Waals surface area contributed by atoms with E-state index in [-0.39, 0.29) is 78.2 Å². The quantitative estimate of drug-likeness (QED) is 0.0616. The molecule has 4 aliphatic heterocycles. The van der Waals surface area contributed by atoms with E-state index in [1.807, 2.05) is 24.3 Å². The SMILES string of the molecule is CCn1c2ccc(C(=O)CCCN3CCCCC3)cc2c2cc(C(=O)CCCN3CCCCC3)ccc21.CCn1c2ccc(C(=O)CCCN3CCCCC3)cc2c2cc(C(=O)CCCN3CCCCC3)ccc21.Cl.Cl.Cl.Cl.O. The number of fused-ring (bicyclic) bond motifs is 6. The first kappa shape index (κ1) is 67.6. The molecule has 6 aromatic rings. The molecule has 0 bridgehead atoms. The summed E-state index contributed by atoms with van der Waals surface area (Å²) >= 11 is 0. The lowest BCUT2D eigenvalue weighted by Crippen LogP contribution is -2.30. The third-order valence-corrected chi connectivity index (χ3v) is 17.0. The zero-order valence-corrected chi connectivity index (χ0v) is 50.7. The van der Waals surface area contributed by atoms with Crippen LogP contribution in [-0.4, -0.2) is 136 Å². The highest BCUT2D eigenvalue weighted by Gasteiger charge is 2.20. The van der Waals surface area contributed by atoms with Crippen LogP contribution in [-0.2, 0) is 13.1 Å². The van der Waals surface area contributed by atoms with Crippen molar-refractivity contribution >= 4 is 116 Å². The molecule has 4 saturated heterocycles. The minimum absolute atomic E-state index is 0. The van der Waals surface area contributed by atoms with Crippen LogP contribution in [0.3, 0.4) is 0 Å². The molecule has 436 valence electrons. The number of likely N-dealkylation sites (tertiary alicyclic amines) is 4. The van der Waals surface area contributed by atoms with Crippen LogP contribution in [0.4, 0.5) is 0 Å². The van der Waals surface area contributed by atoms with Gasteiger partial charge in [0.25, 0.3) is 0 Å². The number of piperidine rings is 4. The fraction of sp³-hybridized carbons (Fsp3) is 0.562. The largest absolute Gasteiger partial charge is 0.412 e. The number of aryl methyl sites for hydroxylation is 2. The van der Waals surface area contributed by atoms with Crippen molar-refractivity contribution in [2.75, 3.05) is 78.5 Å². The van der Waals surface area contributed by atoms with Crippen LogP contribution in [0.1, 0.15) is 184 Å². The van der Waals surface area contributed by atoms with Gasteiger partial charge in [-0.05, 0) is 242 Å². The summed E-state index contributed by atoms with van der Waals surface area (Å²) in [6.45, 7) is 19.5. The van der Waals surface area contributed by atoms with Crippen LogP contribution in [0.25, 0.3) is 43.6 Å². The van der Waals surface area contributed by atoms with Crippen LogP contribution in [0.5, 0.6) is 0 Å². The van der Waals surface area contributed by atoms with Crippen molar-refractivity contribution in [1.29, 1.82) is 0 Å². The van der Waals surface area contributed by atoms with E-state index in [9.17, 15) is 19.2 Å². The van der Waals surface area contributed by atoms with Gasteiger partial charge >= 0.3 is 0 Å². The summed E-state index contributed by atoms with van der Waals surface area (Å²) in [6.07, 6.45) is 21.7. The molecule has 0 spiro atoms. The maximum Gasteiger partial charge on any atom is 0.162 e. The second-order valence-corrected chi connectivity index (χ2v) is 22.1. The molecule has 2 N–H and O–H groups in total. The number of nitrogens with zero attached hydrogens (tertiary/aromatic N) is 6. The third kappa shape index (κ3) is 17.6. The summed E-state index contributed by atoms with van der Waals surface area (Å²) in [6, 6.07) is 24.6. The molecule has 0 amide bonds. The zero-order valence-electron chi connectivity index (χ0n) is 47.4. The van der Waals surface area contributed by atoms with E-state index in [0.29, 0.717) is 25.7 Å². The average molecular weight is 1170 g/mol. The molecule has 0 aliphatic carbocycles. The predicted octanol–water partition coefficient (Wildman–Crippen LogP) is 14.3. The molecule has 0 saturated carbocycles. The Bertz CT molecular complexity index is 2500. The number of hydrogen-bond donors (Lipinski definition) is 0. The molecular weight excluding hydrogens is 1070 g/mol. The van der Waals surface area contributed by atoms with Gasteiger partial charge < -0.3 is 34.2 Å². The number of aromatic nitrogens is 2. The molecule has 15 heteroatoms. The van der Waals surface area contributed by atoms with E-state index >= 15 is 0 Å². The van der Waals surface area contributed by atoms with E-state index in [1.54, 1.807) is 0 Å². The first-order valence-corrected chi connectivity index (χ1v) is 29.4. The van der Waals surface area contributed by atoms with E-state index in [1.165, 1.54) is 129 Å². The Kier molecular flexibility index (Phi) is 29.0. The molecule has 11 nitrogen and oxygen atoms in total. The molecule has 79 heavy (non-hydrogen) atoms. The molecule has 4 fully saturated rings. The van der Waals surface area contributed by atoms with Crippen molar-refractivity contribution in [2.24, 2.45) is 0 Å². The molecule has 4 aliphatic rings. The number of carbonyl (C=O) groups excluding carboxylic acids is 4. The fourth-order valence-electron chi connectivity index (χ4n) is 12.7. The number of halogens is 4. The van der Waals surface area contributed by atoms with Crippen LogP contribution in [0.2, 0.25) is 0 Å². The third-order valence-electron chi connectivity index (χ3n) is 17.0. The highest BCUT2D eigenvalue weighted by molar-refractivity contribution is 6.14. The normalized spacial score (nSPS) is 16.4. The number of ketones is 4. The fourth-order valence-corrected chi connectivity index (χ4v) is 12.7. The minimum atomic E-state index is 0.